The fourth-order valence-electron chi connectivity index (χ4n) is 1.08. The van der Waals surface area contributed by atoms with Gasteiger partial charge in [-0.1, -0.05) is 23.2 Å². The lowest BCUT2D eigenvalue weighted by Crippen LogP contribution is -2.38. The van der Waals surface area contributed by atoms with Gasteiger partial charge in [-0.3, -0.25) is 4.79 Å². The predicted molar refractivity (Wildman–Crippen MR) is 68.6 cm³/mol. The molecule has 0 aliphatic heterocycles. The summed E-state index contributed by atoms with van der Waals surface area (Å²) in [6.45, 7) is -0.771. The molecule has 6 nitrogen and oxygen atoms in total. The molecular formula is C11H11Cl2NO5. The van der Waals surface area contributed by atoms with E-state index in [1.807, 2.05) is 0 Å². The SMILES string of the molecule is O=C(COc1cc(Cl)ccc1Cl)NC[C@H](O)C(=O)O. The van der Waals surface area contributed by atoms with Crippen molar-refractivity contribution in [2.45, 2.75) is 6.10 Å². The molecule has 1 aromatic rings. The van der Waals surface area contributed by atoms with E-state index < -0.39 is 24.5 Å². The fraction of sp³-hybridized carbons (Fsp3) is 0.273. The highest BCUT2D eigenvalue weighted by molar-refractivity contribution is 6.34. The zero-order valence-electron chi connectivity index (χ0n) is 9.60. The van der Waals surface area contributed by atoms with E-state index >= 15 is 0 Å². The summed E-state index contributed by atoms with van der Waals surface area (Å²) in [7, 11) is 0. The first kappa shape index (κ1) is 15.6. The van der Waals surface area contributed by atoms with Crippen LogP contribution in [0.1, 0.15) is 0 Å². The third kappa shape index (κ3) is 5.34. The van der Waals surface area contributed by atoms with Crippen LogP contribution in [-0.2, 0) is 9.59 Å². The summed E-state index contributed by atoms with van der Waals surface area (Å²) in [4.78, 5) is 21.6. The van der Waals surface area contributed by atoms with Gasteiger partial charge in [-0.15, -0.1) is 0 Å². The Bertz CT molecular complexity index is 480. The van der Waals surface area contributed by atoms with Gasteiger partial charge < -0.3 is 20.3 Å². The van der Waals surface area contributed by atoms with Gasteiger partial charge in [-0.05, 0) is 12.1 Å². The second-order valence-corrected chi connectivity index (χ2v) is 4.37. The number of carboxylic acid groups (broad SMARTS) is 1. The smallest absolute Gasteiger partial charge is 0.334 e. The van der Waals surface area contributed by atoms with Crippen LogP contribution >= 0.6 is 23.2 Å². The van der Waals surface area contributed by atoms with Crippen molar-refractivity contribution in [2.24, 2.45) is 0 Å². The van der Waals surface area contributed by atoms with Crippen LogP contribution in [0.3, 0.4) is 0 Å². The molecule has 0 radical (unpaired) electrons. The lowest BCUT2D eigenvalue weighted by molar-refractivity contribution is -0.146. The van der Waals surface area contributed by atoms with Gasteiger partial charge in [-0.25, -0.2) is 4.79 Å². The molecule has 104 valence electrons. The topological polar surface area (TPSA) is 95.9 Å². The average molecular weight is 308 g/mol. The molecule has 0 fully saturated rings. The van der Waals surface area contributed by atoms with E-state index in [1.165, 1.54) is 12.1 Å². The van der Waals surface area contributed by atoms with Crippen molar-refractivity contribution in [2.75, 3.05) is 13.2 Å². The fourth-order valence-corrected chi connectivity index (χ4v) is 1.41. The zero-order valence-corrected chi connectivity index (χ0v) is 11.1. The summed E-state index contributed by atoms with van der Waals surface area (Å²) in [6, 6.07) is 4.54. The first-order chi connectivity index (χ1) is 8.90. The molecule has 0 heterocycles. The van der Waals surface area contributed by atoms with E-state index in [0.717, 1.165) is 0 Å². The van der Waals surface area contributed by atoms with Crippen LogP contribution in [0.4, 0.5) is 0 Å². The zero-order chi connectivity index (χ0) is 14.4. The summed E-state index contributed by atoms with van der Waals surface area (Å²) in [5, 5.41) is 20.2. The van der Waals surface area contributed by atoms with E-state index in [9.17, 15) is 9.59 Å². The maximum atomic E-state index is 11.3. The molecule has 0 aromatic heterocycles. The van der Waals surface area contributed by atoms with Crippen LogP contribution in [0.5, 0.6) is 5.75 Å². The molecule has 0 bridgehead atoms. The van der Waals surface area contributed by atoms with Crippen molar-refractivity contribution in [1.82, 2.24) is 5.32 Å². The third-order valence-electron chi connectivity index (χ3n) is 2.03. The molecule has 0 saturated heterocycles. The summed E-state index contributed by atoms with van der Waals surface area (Å²) < 4.78 is 5.11. The van der Waals surface area contributed by atoms with Crippen LogP contribution < -0.4 is 10.1 Å². The number of carbonyl (C=O) groups is 2. The number of benzene rings is 1. The molecule has 0 spiro atoms. The molecule has 8 heteroatoms. The standard InChI is InChI=1S/C11H11Cl2NO5/c12-6-1-2-7(13)9(3-6)19-5-10(16)14-4-8(15)11(17)18/h1-3,8,15H,4-5H2,(H,14,16)(H,17,18)/t8-/m0/s1. The Hall–Kier alpha value is -1.50. The molecular weight excluding hydrogens is 297 g/mol. The quantitative estimate of drug-likeness (QED) is 0.726. The van der Waals surface area contributed by atoms with Crippen LogP contribution in [0.25, 0.3) is 0 Å². The van der Waals surface area contributed by atoms with Gasteiger partial charge in [0, 0.05) is 11.1 Å². The van der Waals surface area contributed by atoms with E-state index in [-0.39, 0.29) is 12.4 Å². The number of ether oxygens (including phenoxy) is 1. The summed E-state index contributed by atoms with van der Waals surface area (Å²) in [5.41, 5.74) is 0. The first-order valence-corrected chi connectivity index (χ1v) is 5.91. The van der Waals surface area contributed by atoms with Gasteiger partial charge in [0.05, 0.1) is 11.6 Å². The monoisotopic (exact) mass is 307 g/mol. The second-order valence-electron chi connectivity index (χ2n) is 3.52. The van der Waals surface area contributed by atoms with E-state index in [1.54, 1.807) is 6.07 Å². The molecule has 0 aliphatic carbocycles. The van der Waals surface area contributed by atoms with Crippen molar-refractivity contribution in [3.63, 3.8) is 0 Å². The number of aliphatic carboxylic acids is 1. The minimum atomic E-state index is -1.65. The number of aliphatic hydroxyl groups is 1. The Morgan fingerprint density at radius 2 is 2.05 bits per heavy atom. The Kier molecular flexibility index (Phi) is 5.88. The maximum Gasteiger partial charge on any atom is 0.334 e. The molecule has 19 heavy (non-hydrogen) atoms. The maximum absolute atomic E-state index is 11.3. The normalized spacial score (nSPS) is 11.7. The summed E-state index contributed by atoms with van der Waals surface area (Å²) in [5.74, 6) is -1.77. The van der Waals surface area contributed by atoms with Crippen molar-refractivity contribution in [1.29, 1.82) is 0 Å². The number of carboxylic acids is 1. The highest BCUT2D eigenvalue weighted by Crippen LogP contribution is 2.27. The number of halogens is 2. The minimum absolute atomic E-state index is 0.239. The Morgan fingerprint density at radius 3 is 2.68 bits per heavy atom. The van der Waals surface area contributed by atoms with E-state index in [4.69, 9.17) is 38.2 Å². The number of carbonyl (C=O) groups excluding carboxylic acids is 1. The predicted octanol–water partition coefficient (Wildman–Crippen LogP) is 0.934. The number of amides is 1. The Morgan fingerprint density at radius 1 is 1.37 bits per heavy atom. The molecule has 1 atom stereocenters. The summed E-state index contributed by atoms with van der Waals surface area (Å²) in [6.07, 6.45) is -1.65. The van der Waals surface area contributed by atoms with Gasteiger partial charge in [0.1, 0.15) is 5.75 Å². The average Bonchev–Trinajstić information content (AvgIpc) is 2.36. The molecule has 0 aliphatic rings. The van der Waals surface area contributed by atoms with Gasteiger partial charge >= 0.3 is 5.97 Å². The van der Waals surface area contributed by atoms with Crippen LogP contribution in [0, 0.1) is 0 Å². The van der Waals surface area contributed by atoms with Crippen molar-refractivity contribution in [3.8, 4) is 5.75 Å². The second kappa shape index (κ2) is 7.18. The highest BCUT2D eigenvalue weighted by Gasteiger charge is 2.14. The van der Waals surface area contributed by atoms with Crippen molar-refractivity contribution < 1.29 is 24.5 Å². The molecule has 0 saturated carbocycles. The minimum Gasteiger partial charge on any atom is -0.482 e. The van der Waals surface area contributed by atoms with Gasteiger partial charge in [-0.2, -0.15) is 0 Å². The van der Waals surface area contributed by atoms with E-state index in [2.05, 4.69) is 5.32 Å². The number of nitrogens with one attached hydrogen (secondary N) is 1. The van der Waals surface area contributed by atoms with Gasteiger partial charge in [0.15, 0.2) is 12.7 Å². The molecule has 1 aromatic carbocycles. The third-order valence-corrected chi connectivity index (χ3v) is 2.58. The number of rotatable bonds is 6. The number of aliphatic hydroxyl groups excluding tert-OH is 1. The lowest BCUT2D eigenvalue weighted by Gasteiger charge is -2.10. The Labute approximate surface area is 118 Å². The molecule has 3 N–H and O–H groups in total. The first-order valence-electron chi connectivity index (χ1n) is 5.15. The Balaban J connectivity index is 2.42. The van der Waals surface area contributed by atoms with E-state index in [0.29, 0.717) is 10.0 Å². The highest BCUT2D eigenvalue weighted by atomic mass is 35.5. The van der Waals surface area contributed by atoms with Crippen LogP contribution in [-0.4, -0.2) is 41.3 Å². The molecule has 1 rings (SSSR count). The number of hydrogen-bond acceptors (Lipinski definition) is 4. The summed E-state index contributed by atoms with van der Waals surface area (Å²) >= 11 is 11.5. The van der Waals surface area contributed by atoms with Crippen molar-refractivity contribution in [3.05, 3.63) is 28.2 Å². The molecule has 1 amide bonds. The van der Waals surface area contributed by atoms with Gasteiger partial charge in [0.25, 0.3) is 5.91 Å². The largest absolute Gasteiger partial charge is 0.482 e. The number of hydrogen-bond donors (Lipinski definition) is 3. The van der Waals surface area contributed by atoms with Crippen LogP contribution in [0.15, 0.2) is 18.2 Å². The van der Waals surface area contributed by atoms with Crippen LogP contribution in [0.2, 0.25) is 10.0 Å². The lowest BCUT2D eigenvalue weighted by atomic mass is 10.3. The van der Waals surface area contributed by atoms with Gasteiger partial charge in [0.2, 0.25) is 0 Å². The molecule has 0 unspecified atom stereocenters. The van der Waals surface area contributed by atoms with Crippen molar-refractivity contribution >= 4 is 35.1 Å².